The van der Waals surface area contributed by atoms with Gasteiger partial charge in [0.05, 0.1) is 11.1 Å². The molecule has 0 spiro atoms. The molecule has 154 valence electrons. The Morgan fingerprint density at radius 1 is 1.24 bits per heavy atom. The van der Waals surface area contributed by atoms with Crippen LogP contribution in [0.1, 0.15) is 17.5 Å². The summed E-state index contributed by atoms with van der Waals surface area (Å²) < 4.78 is 53.0. The number of rotatable bonds is 4. The number of nitrogens with one attached hydrogen (secondary N) is 1. The Morgan fingerprint density at radius 3 is 2.69 bits per heavy atom. The summed E-state index contributed by atoms with van der Waals surface area (Å²) in [5.41, 5.74) is 6.61. The Hall–Kier alpha value is -2.52. The predicted molar refractivity (Wildman–Crippen MR) is 103 cm³/mol. The molecule has 0 radical (unpaired) electrons. The highest BCUT2D eigenvalue weighted by atomic mass is 19.4. The maximum Gasteiger partial charge on any atom is 0.416 e. The van der Waals surface area contributed by atoms with E-state index in [0.717, 1.165) is 49.3 Å². The minimum absolute atomic E-state index is 0.0566. The first-order chi connectivity index (χ1) is 13.9. The largest absolute Gasteiger partial charge is 0.416 e. The zero-order valence-electron chi connectivity index (χ0n) is 15.6. The Morgan fingerprint density at radius 2 is 2.07 bits per heavy atom. The molecule has 1 saturated heterocycles. The highest BCUT2D eigenvalue weighted by Gasteiger charge is 2.32. The first-order valence-electron chi connectivity index (χ1n) is 9.46. The third-order valence-corrected chi connectivity index (χ3v) is 5.38. The number of halogens is 4. The van der Waals surface area contributed by atoms with Crippen molar-refractivity contribution in [2.45, 2.75) is 12.6 Å². The van der Waals surface area contributed by atoms with Crippen LogP contribution in [-0.4, -0.2) is 42.7 Å². The summed E-state index contributed by atoms with van der Waals surface area (Å²) in [6, 6.07) is 2.41. The van der Waals surface area contributed by atoms with Crippen LogP contribution in [0.2, 0.25) is 0 Å². The maximum absolute atomic E-state index is 14.5. The highest BCUT2D eigenvalue weighted by molar-refractivity contribution is 5.78. The fourth-order valence-corrected chi connectivity index (χ4v) is 3.74. The van der Waals surface area contributed by atoms with Crippen LogP contribution in [0.15, 0.2) is 30.5 Å². The molecule has 2 aromatic rings. The van der Waals surface area contributed by atoms with Gasteiger partial charge in [0.15, 0.2) is 5.82 Å². The van der Waals surface area contributed by atoms with Gasteiger partial charge in [-0.3, -0.25) is 0 Å². The summed E-state index contributed by atoms with van der Waals surface area (Å²) in [6.07, 6.45) is 0.00559. The van der Waals surface area contributed by atoms with E-state index in [1.54, 1.807) is 6.20 Å². The highest BCUT2D eigenvalue weighted by Crippen LogP contribution is 2.34. The molecule has 1 aromatic carbocycles. The van der Waals surface area contributed by atoms with Gasteiger partial charge in [-0.25, -0.2) is 14.4 Å². The van der Waals surface area contributed by atoms with Gasteiger partial charge < -0.3 is 16.0 Å². The molecule has 3 heterocycles. The molecule has 2 aliphatic rings. The minimum atomic E-state index is -4.61. The Kier molecular flexibility index (Phi) is 5.26. The molecule has 4 rings (SSSR count). The van der Waals surface area contributed by atoms with Crippen molar-refractivity contribution in [2.75, 3.05) is 37.6 Å². The van der Waals surface area contributed by atoms with Gasteiger partial charge >= 0.3 is 6.18 Å². The van der Waals surface area contributed by atoms with Crippen molar-refractivity contribution < 1.29 is 17.6 Å². The van der Waals surface area contributed by atoms with Crippen LogP contribution in [0, 0.1) is 11.7 Å². The van der Waals surface area contributed by atoms with Gasteiger partial charge in [-0.15, -0.1) is 0 Å². The summed E-state index contributed by atoms with van der Waals surface area (Å²) >= 11 is 0. The van der Waals surface area contributed by atoms with Crippen molar-refractivity contribution in [3.63, 3.8) is 0 Å². The second kappa shape index (κ2) is 7.72. The van der Waals surface area contributed by atoms with Crippen molar-refractivity contribution >= 4 is 11.4 Å². The lowest BCUT2D eigenvalue weighted by Gasteiger charge is -2.22. The molecule has 0 saturated carbocycles. The van der Waals surface area contributed by atoms with Gasteiger partial charge in [-0.2, -0.15) is 13.2 Å². The van der Waals surface area contributed by atoms with Crippen molar-refractivity contribution in [1.82, 2.24) is 15.3 Å². The van der Waals surface area contributed by atoms with Crippen LogP contribution in [0.3, 0.4) is 0 Å². The Bertz CT molecular complexity index is 941. The number of nitrogens with two attached hydrogens (primary N) is 1. The number of aromatic nitrogens is 2. The number of anilines is 1. The number of hydrogen-bond donors (Lipinski definition) is 2. The van der Waals surface area contributed by atoms with Gasteiger partial charge in [-0.1, -0.05) is 6.08 Å². The van der Waals surface area contributed by atoms with E-state index >= 15 is 0 Å². The maximum atomic E-state index is 14.5. The second-order valence-electron chi connectivity index (χ2n) is 7.32. The monoisotopic (exact) mass is 407 g/mol. The average molecular weight is 407 g/mol. The van der Waals surface area contributed by atoms with Crippen molar-refractivity contribution in [1.29, 1.82) is 0 Å². The molecule has 9 heteroatoms. The lowest BCUT2D eigenvalue weighted by atomic mass is 10.1. The first kappa shape index (κ1) is 19.8. The molecule has 2 aliphatic heterocycles. The van der Waals surface area contributed by atoms with Crippen molar-refractivity contribution in [2.24, 2.45) is 11.7 Å². The standard InChI is InChI=1S/C20H21F4N5/c21-17-7-14(20(22,23)24)1-2-15(17)18-27-10-16(13-3-5-26-9-13)19(28-18)29-6-4-12(8-25)11-29/h1-3,7,10,12,26H,4-6,8-9,11,25H2. The molecule has 0 bridgehead atoms. The van der Waals surface area contributed by atoms with E-state index in [1.807, 2.05) is 0 Å². The summed E-state index contributed by atoms with van der Waals surface area (Å²) in [5, 5.41) is 3.23. The van der Waals surface area contributed by atoms with E-state index in [4.69, 9.17) is 5.73 Å². The first-order valence-corrected chi connectivity index (χ1v) is 9.46. The van der Waals surface area contributed by atoms with Crippen LogP contribution in [0.4, 0.5) is 23.4 Å². The third kappa shape index (κ3) is 3.97. The van der Waals surface area contributed by atoms with Gasteiger partial charge in [-0.05, 0) is 42.7 Å². The average Bonchev–Trinajstić information content (AvgIpc) is 3.38. The molecule has 1 fully saturated rings. The van der Waals surface area contributed by atoms with Gasteiger partial charge in [0.1, 0.15) is 11.6 Å². The SMILES string of the molecule is NCC1CCN(c2nc(-c3ccc(C(F)(F)F)cc3F)ncc2C2=CCNC2)C1. The number of benzene rings is 1. The molecule has 3 N–H and O–H groups in total. The van der Waals surface area contributed by atoms with Crippen molar-refractivity contribution in [3.8, 4) is 11.4 Å². The number of alkyl halides is 3. The third-order valence-electron chi connectivity index (χ3n) is 5.38. The van der Waals surface area contributed by atoms with Crippen molar-refractivity contribution in [3.05, 3.63) is 47.4 Å². The summed E-state index contributed by atoms with van der Waals surface area (Å²) in [4.78, 5) is 10.9. The Labute approximate surface area is 165 Å². The molecule has 1 aromatic heterocycles. The molecular formula is C20H21F4N5. The van der Waals surface area contributed by atoms with E-state index < -0.39 is 17.6 Å². The van der Waals surface area contributed by atoms with Gasteiger partial charge in [0, 0.05) is 37.9 Å². The molecule has 0 amide bonds. The smallest absolute Gasteiger partial charge is 0.356 e. The Balaban J connectivity index is 1.75. The quantitative estimate of drug-likeness (QED) is 0.763. The molecule has 1 unspecified atom stereocenters. The van der Waals surface area contributed by atoms with Gasteiger partial charge in [0.2, 0.25) is 0 Å². The zero-order valence-corrected chi connectivity index (χ0v) is 15.6. The van der Waals surface area contributed by atoms with E-state index in [9.17, 15) is 17.6 Å². The van der Waals surface area contributed by atoms with Crippen LogP contribution < -0.4 is 16.0 Å². The molecule has 0 aliphatic carbocycles. The minimum Gasteiger partial charge on any atom is -0.356 e. The normalized spacial score (nSPS) is 19.7. The summed E-state index contributed by atoms with van der Waals surface area (Å²) in [7, 11) is 0. The molecule has 1 atom stereocenters. The fraction of sp³-hybridized carbons (Fsp3) is 0.400. The number of hydrogen-bond acceptors (Lipinski definition) is 5. The summed E-state index contributed by atoms with van der Waals surface area (Å²) in [6.45, 7) is 3.49. The van der Waals surface area contributed by atoms with E-state index in [0.29, 0.717) is 30.9 Å². The van der Waals surface area contributed by atoms with E-state index in [1.165, 1.54) is 0 Å². The van der Waals surface area contributed by atoms with Crippen LogP contribution >= 0.6 is 0 Å². The lowest BCUT2D eigenvalue weighted by Crippen LogP contribution is -2.25. The van der Waals surface area contributed by atoms with E-state index in [2.05, 4.69) is 26.3 Å². The van der Waals surface area contributed by atoms with E-state index in [-0.39, 0.29) is 11.4 Å². The number of nitrogens with zero attached hydrogens (tertiary/aromatic N) is 3. The van der Waals surface area contributed by atoms with Crippen LogP contribution in [-0.2, 0) is 6.18 Å². The van der Waals surface area contributed by atoms with Crippen LogP contribution in [0.25, 0.3) is 17.0 Å². The topological polar surface area (TPSA) is 67.1 Å². The summed E-state index contributed by atoms with van der Waals surface area (Å²) in [5.74, 6) is 0.0826. The zero-order chi connectivity index (χ0) is 20.6. The fourth-order valence-electron chi connectivity index (χ4n) is 3.74. The molecule has 29 heavy (non-hydrogen) atoms. The second-order valence-corrected chi connectivity index (χ2v) is 7.32. The van der Waals surface area contributed by atoms with Gasteiger partial charge in [0.25, 0.3) is 0 Å². The molecular weight excluding hydrogens is 386 g/mol. The lowest BCUT2D eigenvalue weighted by molar-refractivity contribution is -0.137. The predicted octanol–water partition coefficient (Wildman–Crippen LogP) is 3.07. The van der Waals surface area contributed by atoms with Crippen LogP contribution in [0.5, 0.6) is 0 Å². The molecule has 5 nitrogen and oxygen atoms in total.